The lowest BCUT2D eigenvalue weighted by atomic mass is 9.99. The van der Waals surface area contributed by atoms with Crippen LogP contribution in [0.15, 0.2) is 29.3 Å². The summed E-state index contributed by atoms with van der Waals surface area (Å²) in [7, 11) is 0. The van der Waals surface area contributed by atoms with Crippen LogP contribution >= 0.6 is 22.9 Å². The van der Waals surface area contributed by atoms with E-state index in [0.717, 1.165) is 26.6 Å². The van der Waals surface area contributed by atoms with Crippen LogP contribution in [0.2, 0.25) is 5.02 Å². The van der Waals surface area contributed by atoms with Gasteiger partial charge in [-0.2, -0.15) is 0 Å². The van der Waals surface area contributed by atoms with Crippen LogP contribution in [0.5, 0.6) is 0 Å². The summed E-state index contributed by atoms with van der Waals surface area (Å²) in [5.41, 5.74) is 3.28. The molecule has 0 aliphatic carbocycles. The van der Waals surface area contributed by atoms with Gasteiger partial charge in [0.2, 0.25) is 0 Å². The van der Waals surface area contributed by atoms with E-state index in [1.807, 2.05) is 26.0 Å². The van der Waals surface area contributed by atoms with E-state index >= 15 is 0 Å². The third kappa shape index (κ3) is 3.52. The summed E-state index contributed by atoms with van der Waals surface area (Å²) in [5.74, 6) is -0.883. The molecule has 0 radical (unpaired) electrons. The number of hydrogen-bond acceptors (Lipinski definition) is 5. The number of carboxylic acids is 1. The highest BCUT2D eigenvalue weighted by atomic mass is 35.5. The molecule has 6 nitrogen and oxygen atoms in total. The highest BCUT2D eigenvalue weighted by Crippen LogP contribution is 2.40. The fourth-order valence-corrected chi connectivity index (χ4v) is 4.40. The number of halogens is 1. The van der Waals surface area contributed by atoms with Crippen LogP contribution in [0.1, 0.15) is 34.9 Å². The third-order valence-corrected chi connectivity index (χ3v) is 5.91. The van der Waals surface area contributed by atoms with Crippen molar-refractivity contribution in [3.8, 4) is 0 Å². The van der Waals surface area contributed by atoms with E-state index in [4.69, 9.17) is 22.4 Å². The van der Waals surface area contributed by atoms with Gasteiger partial charge >= 0.3 is 5.97 Å². The van der Waals surface area contributed by atoms with Gasteiger partial charge in [-0.3, -0.25) is 25.5 Å². The minimum absolute atomic E-state index is 0.00337. The van der Waals surface area contributed by atoms with Crippen LogP contribution in [-0.2, 0) is 4.79 Å². The van der Waals surface area contributed by atoms with Crippen molar-refractivity contribution in [3.05, 3.63) is 50.9 Å². The highest BCUT2D eigenvalue weighted by Gasteiger charge is 2.34. The average Bonchev–Trinajstić information content (AvgIpc) is 2.80. The molecule has 2 heterocycles. The van der Waals surface area contributed by atoms with Crippen LogP contribution in [0.3, 0.4) is 0 Å². The van der Waals surface area contributed by atoms with Crippen molar-refractivity contribution in [2.45, 2.75) is 33.2 Å². The Balaban J connectivity index is 2.31. The molecule has 0 amide bonds. The second-order valence-corrected chi connectivity index (χ2v) is 8.01. The molecule has 1 unspecified atom stereocenters. The molecule has 0 fully saturated rings. The third-order valence-electron chi connectivity index (χ3n) is 4.47. The molecule has 1 aromatic carbocycles. The van der Waals surface area contributed by atoms with Crippen LogP contribution in [0.25, 0.3) is 0 Å². The van der Waals surface area contributed by atoms with E-state index in [1.54, 1.807) is 19.1 Å². The van der Waals surface area contributed by atoms with Crippen molar-refractivity contribution in [1.82, 2.24) is 0 Å². The Morgan fingerprint density at radius 2 is 1.96 bits per heavy atom. The number of rotatable bonds is 3. The molecule has 3 rings (SSSR count). The van der Waals surface area contributed by atoms with Gasteiger partial charge in [0.05, 0.1) is 12.1 Å². The number of aliphatic imine (C=N–C) groups is 1. The van der Waals surface area contributed by atoms with Crippen LogP contribution < -0.4 is 4.90 Å². The summed E-state index contributed by atoms with van der Waals surface area (Å²) in [4.78, 5) is 18.6. The molecule has 27 heavy (non-hydrogen) atoms. The zero-order valence-corrected chi connectivity index (χ0v) is 16.7. The van der Waals surface area contributed by atoms with Gasteiger partial charge in [-0.15, -0.1) is 11.3 Å². The number of aryl methyl sites for hydroxylation is 1. The van der Waals surface area contributed by atoms with E-state index in [2.05, 4.69) is 4.99 Å². The van der Waals surface area contributed by atoms with Gasteiger partial charge < -0.3 is 5.11 Å². The molecule has 1 aromatic heterocycles. The number of anilines is 1. The predicted octanol–water partition coefficient (Wildman–Crippen LogP) is 4.49. The van der Waals surface area contributed by atoms with Crippen molar-refractivity contribution in [2.75, 3.05) is 4.90 Å². The Morgan fingerprint density at radius 3 is 2.52 bits per heavy atom. The maximum absolute atomic E-state index is 11.4. The minimum Gasteiger partial charge on any atom is -0.481 e. The zero-order valence-electron chi connectivity index (χ0n) is 15.1. The summed E-state index contributed by atoms with van der Waals surface area (Å²) in [6.07, 6.45) is -0.313. The van der Waals surface area contributed by atoms with Gasteiger partial charge in [0.1, 0.15) is 22.7 Å². The normalized spacial score (nSPS) is 16.6. The molecule has 0 bridgehead atoms. The summed E-state index contributed by atoms with van der Waals surface area (Å²) >= 11 is 7.50. The van der Waals surface area contributed by atoms with Crippen molar-refractivity contribution in [3.63, 3.8) is 0 Å². The first-order chi connectivity index (χ1) is 12.7. The second-order valence-electron chi connectivity index (χ2n) is 6.37. The quantitative estimate of drug-likeness (QED) is 0.520. The monoisotopic (exact) mass is 402 g/mol. The number of fused-ring (bicyclic) bond motifs is 1. The van der Waals surface area contributed by atoms with Gasteiger partial charge in [0, 0.05) is 21.0 Å². The number of thiophene rings is 1. The maximum Gasteiger partial charge on any atom is 0.305 e. The van der Waals surface area contributed by atoms with Crippen LogP contribution in [0.4, 0.5) is 5.00 Å². The molecule has 2 aromatic rings. The Kier molecular flexibility index (Phi) is 5.17. The highest BCUT2D eigenvalue weighted by molar-refractivity contribution is 7.17. The molecular formula is C19H19ClN4O2S. The fourth-order valence-electron chi connectivity index (χ4n) is 3.05. The molecule has 0 spiro atoms. The number of benzene rings is 1. The number of aliphatic carboxylic acids is 1. The molecule has 1 aliphatic rings. The van der Waals surface area contributed by atoms with Crippen molar-refractivity contribution < 1.29 is 9.90 Å². The minimum atomic E-state index is -1.04. The van der Waals surface area contributed by atoms with E-state index < -0.39 is 12.0 Å². The fraction of sp³-hybridized carbons (Fsp3) is 0.263. The standard InChI is InChI=1S/C19H19ClN4O2S/c1-9-10(2)27-19-16(9)17(12-4-6-13(20)7-5-12)23-14(8-15(25)26)18(22)24(19)11(3)21/h4-7,14,21-22H,8H2,1-3H3,(H,25,26). The number of nitrogens with one attached hydrogen (secondary N) is 2. The molecule has 8 heteroatoms. The average molecular weight is 403 g/mol. The first kappa shape index (κ1) is 19.3. The maximum atomic E-state index is 11.4. The summed E-state index contributed by atoms with van der Waals surface area (Å²) < 4.78 is 0. The summed E-state index contributed by atoms with van der Waals surface area (Å²) in [5, 5.41) is 27.4. The Labute approximate surface area is 166 Å². The first-order valence-electron chi connectivity index (χ1n) is 8.30. The van der Waals surface area contributed by atoms with Crippen LogP contribution in [-0.4, -0.2) is 34.5 Å². The van der Waals surface area contributed by atoms with Crippen molar-refractivity contribution in [2.24, 2.45) is 4.99 Å². The van der Waals surface area contributed by atoms with E-state index in [1.165, 1.54) is 16.2 Å². The van der Waals surface area contributed by atoms with Crippen molar-refractivity contribution >= 4 is 51.3 Å². The molecule has 1 aliphatic heterocycles. The molecule has 0 saturated heterocycles. The van der Waals surface area contributed by atoms with Gasteiger partial charge in [0.15, 0.2) is 0 Å². The van der Waals surface area contributed by atoms with E-state index in [9.17, 15) is 9.90 Å². The Bertz CT molecular complexity index is 978. The van der Waals surface area contributed by atoms with Gasteiger partial charge in [-0.25, -0.2) is 0 Å². The van der Waals surface area contributed by atoms with E-state index in [-0.39, 0.29) is 18.1 Å². The SMILES string of the molecule is CC(=N)N1C(=N)C(CC(=O)O)N=C(c2ccc(Cl)cc2)c2c1sc(C)c2C. The first-order valence-corrected chi connectivity index (χ1v) is 9.49. The van der Waals surface area contributed by atoms with Crippen LogP contribution in [0, 0.1) is 24.7 Å². The molecule has 3 N–H and O–H groups in total. The number of amidine groups is 2. The second kappa shape index (κ2) is 7.25. The smallest absolute Gasteiger partial charge is 0.305 e. The molecular weight excluding hydrogens is 384 g/mol. The molecule has 140 valence electrons. The predicted molar refractivity (Wildman–Crippen MR) is 111 cm³/mol. The lowest BCUT2D eigenvalue weighted by molar-refractivity contribution is -0.137. The van der Waals surface area contributed by atoms with Gasteiger partial charge in [0.25, 0.3) is 0 Å². The van der Waals surface area contributed by atoms with Gasteiger partial charge in [-0.1, -0.05) is 23.7 Å². The lowest BCUT2D eigenvalue weighted by Gasteiger charge is -2.24. The van der Waals surface area contributed by atoms with Crippen molar-refractivity contribution in [1.29, 1.82) is 10.8 Å². The molecule has 0 saturated carbocycles. The number of carboxylic acid groups (broad SMARTS) is 1. The van der Waals surface area contributed by atoms with Gasteiger partial charge in [-0.05, 0) is 38.5 Å². The molecule has 1 atom stereocenters. The Morgan fingerprint density at radius 1 is 1.33 bits per heavy atom. The topological polar surface area (TPSA) is 101 Å². The van der Waals surface area contributed by atoms with E-state index in [0.29, 0.717) is 10.7 Å². The lowest BCUT2D eigenvalue weighted by Crippen LogP contribution is -2.40. The number of carbonyl (C=O) groups is 1. The summed E-state index contributed by atoms with van der Waals surface area (Å²) in [6, 6.07) is 6.32. The Hall–Kier alpha value is -2.51. The number of hydrogen-bond donors (Lipinski definition) is 3. The zero-order chi connectivity index (χ0) is 19.9. The number of nitrogens with zero attached hydrogens (tertiary/aromatic N) is 2. The summed E-state index contributed by atoms with van der Waals surface area (Å²) in [6.45, 7) is 5.56. The largest absolute Gasteiger partial charge is 0.481 e.